The lowest BCUT2D eigenvalue weighted by atomic mass is 9.84. The van der Waals surface area contributed by atoms with Crippen LogP contribution in [0.2, 0.25) is 0 Å². The van der Waals surface area contributed by atoms with E-state index in [9.17, 15) is 29.5 Å². The quantitative estimate of drug-likeness (QED) is 0.261. The van der Waals surface area contributed by atoms with Gasteiger partial charge in [-0.25, -0.2) is 4.79 Å². The first-order chi connectivity index (χ1) is 19.4. The summed E-state index contributed by atoms with van der Waals surface area (Å²) in [6, 6.07) is 14.7. The van der Waals surface area contributed by atoms with E-state index in [2.05, 4.69) is 10.6 Å². The molecule has 0 aromatic heterocycles. The van der Waals surface area contributed by atoms with Crippen LogP contribution in [0.25, 0.3) is 11.1 Å². The number of nitrogens with one attached hydrogen (secondary N) is 2. The van der Waals surface area contributed by atoms with Crippen LogP contribution in [0.3, 0.4) is 0 Å². The molecule has 2 fully saturated rings. The summed E-state index contributed by atoms with van der Waals surface area (Å²) in [5.74, 6) is -2.81. The number of ether oxygens (including phenoxy) is 2. The molecule has 1 amide bonds. The number of aliphatic carboxylic acids is 1. The number of carbonyl (C=O) groups is 4. The Labute approximate surface area is 238 Å². The minimum Gasteiger partial charge on any atom is -0.632 e. The van der Waals surface area contributed by atoms with E-state index < -0.39 is 64.7 Å². The molecule has 2 aromatic carbocycles. The number of nitrogens with zero attached hydrogens (tertiary/aromatic N) is 1. The van der Waals surface area contributed by atoms with Gasteiger partial charge in [0.1, 0.15) is 30.8 Å². The summed E-state index contributed by atoms with van der Waals surface area (Å²) in [6.07, 6.45) is -3.63. The summed E-state index contributed by atoms with van der Waals surface area (Å²) >= 11 is 0. The second-order valence-corrected chi connectivity index (χ2v) is 11.9. The molecule has 3 aliphatic rings. The van der Waals surface area contributed by atoms with Gasteiger partial charge in [-0.2, -0.15) is 0 Å². The van der Waals surface area contributed by atoms with Crippen molar-refractivity contribution in [2.45, 2.75) is 69.3 Å². The normalized spacial score (nSPS) is 27.0. The second kappa shape index (κ2) is 10.6. The average molecular weight is 566 g/mol. The molecular formula is C30H35N3O8. The van der Waals surface area contributed by atoms with Crippen molar-refractivity contribution in [2.24, 2.45) is 0 Å². The fraction of sp³-hybridized carbons (Fsp3) is 0.467. The minimum atomic E-state index is -2.01. The number of carbonyl (C=O) groups excluding carboxylic acids is 3. The number of hydrogen-bond acceptors (Lipinski definition) is 8. The van der Waals surface area contributed by atoms with Gasteiger partial charge in [-0.3, -0.25) is 25.0 Å². The van der Waals surface area contributed by atoms with Gasteiger partial charge in [0.15, 0.2) is 0 Å². The number of Topliss-reactive ketones (excluding diaryl/α,β-unsaturated/α-hetero) is 1. The van der Waals surface area contributed by atoms with E-state index in [0.717, 1.165) is 22.3 Å². The van der Waals surface area contributed by atoms with Crippen molar-refractivity contribution in [2.75, 3.05) is 19.7 Å². The zero-order chi connectivity index (χ0) is 29.6. The topological polar surface area (TPSA) is 154 Å². The molecule has 2 aliphatic heterocycles. The van der Waals surface area contributed by atoms with Gasteiger partial charge in [0, 0.05) is 12.5 Å². The van der Waals surface area contributed by atoms with Gasteiger partial charge in [-0.05, 0) is 43.0 Å². The van der Waals surface area contributed by atoms with Crippen molar-refractivity contribution in [3.05, 3.63) is 64.9 Å². The monoisotopic (exact) mass is 565 g/mol. The number of carboxylic acid groups (broad SMARTS) is 1. The van der Waals surface area contributed by atoms with Crippen LogP contribution >= 0.6 is 0 Å². The Morgan fingerprint density at radius 3 is 2.29 bits per heavy atom. The molecule has 0 radical (unpaired) electrons. The first-order valence-electron chi connectivity index (χ1n) is 13.8. The fourth-order valence-electron chi connectivity index (χ4n) is 6.66. The summed E-state index contributed by atoms with van der Waals surface area (Å²) in [5.41, 5.74) is 1.29. The van der Waals surface area contributed by atoms with E-state index in [0.29, 0.717) is 0 Å². The molecule has 218 valence electrons. The molecule has 5 rings (SSSR count). The highest BCUT2D eigenvalue weighted by molar-refractivity contribution is 5.95. The highest BCUT2D eigenvalue weighted by atomic mass is 16.6. The van der Waals surface area contributed by atoms with Crippen molar-refractivity contribution in [1.29, 1.82) is 0 Å². The lowest BCUT2D eigenvalue weighted by Gasteiger charge is -2.59. The lowest BCUT2D eigenvalue weighted by Crippen LogP contribution is -2.80. The predicted octanol–water partition coefficient (Wildman–Crippen LogP) is 3.06. The van der Waals surface area contributed by atoms with Crippen LogP contribution in [0, 0.1) is 5.21 Å². The standard InChI is InChI=1S/C30H35N3O8/c1-29(2,3)41-26(37)16-30-24(34)14-18(15-25(35)36)33(30,39)13-12-31-27(30)32-28(38)40-17-23-21-10-6-4-8-19(21)20-9-5-7-11-22(20)23/h4-11,18,23,27,31H,12-17H2,1-3H3,(H,32,38)(H,35,36)/t18?,27?,30-,33?/m0/s1. The number of carboxylic acids is 1. The number of quaternary nitrogens is 1. The van der Waals surface area contributed by atoms with Gasteiger partial charge in [-0.15, -0.1) is 0 Å². The third-order valence-electron chi connectivity index (χ3n) is 8.29. The van der Waals surface area contributed by atoms with Crippen LogP contribution in [-0.2, 0) is 23.9 Å². The van der Waals surface area contributed by atoms with Crippen LogP contribution < -0.4 is 10.6 Å². The number of hydroxylamine groups is 3. The summed E-state index contributed by atoms with van der Waals surface area (Å²) in [4.78, 5) is 51.4. The van der Waals surface area contributed by atoms with Crippen molar-refractivity contribution >= 4 is 23.8 Å². The van der Waals surface area contributed by atoms with Gasteiger partial charge < -0.3 is 24.4 Å². The van der Waals surface area contributed by atoms with Crippen LogP contribution in [0.5, 0.6) is 0 Å². The van der Waals surface area contributed by atoms with Gasteiger partial charge in [-0.1, -0.05) is 48.5 Å². The highest BCUT2D eigenvalue weighted by Gasteiger charge is 2.68. The maximum atomic E-state index is 14.4. The highest BCUT2D eigenvalue weighted by Crippen LogP contribution is 2.47. The van der Waals surface area contributed by atoms with E-state index in [4.69, 9.17) is 9.47 Å². The van der Waals surface area contributed by atoms with Crippen molar-refractivity contribution < 1.29 is 38.4 Å². The smallest absolute Gasteiger partial charge is 0.408 e. The number of benzene rings is 2. The molecule has 2 saturated heterocycles. The van der Waals surface area contributed by atoms with Gasteiger partial charge in [0.05, 0.1) is 19.4 Å². The molecule has 11 heteroatoms. The van der Waals surface area contributed by atoms with Crippen LogP contribution in [0.15, 0.2) is 48.5 Å². The van der Waals surface area contributed by atoms with Crippen molar-refractivity contribution in [1.82, 2.24) is 10.6 Å². The average Bonchev–Trinajstić information content (AvgIpc) is 3.31. The molecular weight excluding hydrogens is 530 g/mol. The van der Waals surface area contributed by atoms with E-state index in [1.54, 1.807) is 20.8 Å². The number of hydrogen-bond donors (Lipinski definition) is 3. The Hall–Kier alpha value is -3.80. The zero-order valence-electron chi connectivity index (χ0n) is 23.3. The third kappa shape index (κ3) is 5.09. The second-order valence-electron chi connectivity index (χ2n) is 11.9. The van der Waals surface area contributed by atoms with Gasteiger partial charge in [0.25, 0.3) is 0 Å². The van der Waals surface area contributed by atoms with Crippen molar-refractivity contribution in [3.8, 4) is 11.1 Å². The molecule has 1 aliphatic carbocycles. The first-order valence-corrected chi connectivity index (χ1v) is 13.8. The number of alkyl carbamates (subject to hydrolysis) is 1. The molecule has 3 N–H and O–H groups in total. The molecule has 4 atom stereocenters. The SMILES string of the molecule is CC(C)(C)OC(=O)C[C@@]12C(=O)CC(CC(=O)O)[N+]1([O-])CCNC2NC(=O)OCC1c2ccccc2-c2ccccc21. The number of ketones is 1. The predicted molar refractivity (Wildman–Crippen MR) is 147 cm³/mol. The van der Waals surface area contributed by atoms with E-state index in [1.165, 1.54) is 0 Å². The van der Waals surface area contributed by atoms with Gasteiger partial charge >= 0.3 is 18.0 Å². The lowest BCUT2D eigenvalue weighted by molar-refractivity contribution is -0.940. The Kier molecular flexibility index (Phi) is 7.39. The number of rotatable bonds is 7. The molecule has 41 heavy (non-hydrogen) atoms. The number of amides is 1. The molecule has 0 bridgehead atoms. The van der Waals surface area contributed by atoms with Crippen molar-refractivity contribution in [3.63, 3.8) is 0 Å². The number of piperazine rings is 1. The van der Waals surface area contributed by atoms with Crippen LogP contribution in [0.4, 0.5) is 4.79 Å². The van der Waals surface area contributed by atoms with Crippen LogP contribution in [0.1, 0.15) is 57.1 Å². The summed E-state index contributed by atoms with van der Waals surface area (Å²) in [7, 11) is 0. The molecule has 3 unspecified atom stereocenters. The molecule has 2 heterocycles. The molecule has 2 aromatic rings. The van der Waals surface area contributed by atoms with E-state index in [-0.39, 0.29) is 32.0 Å². The Balaban J connectivity index is 1.39. The largest absolute Gasteiger partial charge is 0.632 e. The minimum absolute atomic E-state index is 0.0125. The first kappa shape index (κ1) is 28.7. The maximum Gasteiger partial charge on any atom is 0.408 e. The van der Waals surface area contributed by atoms with E-state index >= 15 is 0 Å². The van der Waals surface area contributed by atoms with E-state index in [1.807, 2.05) is 48.5 Å². The zero-order valence-corrected chi connectivity index (χ0v) is 23.3. The summed E-state index contributed by atoms with van der Waals surface area (Å²) < 4.78 is 9.88. The number of fused-ring (bicyclic) bond motifs is 4. The number of esters is 1. The summed E-state index contributed by atoms with van der Waals surface area (Å²) in [6.45, 7) is 4.95. The third-order valence-corrected chi connectivity index (χ3v) is 8.29. The van der Waals surface area contributed by atoms with Gasteiger partial charge in [0.2, 0.25) is 11.3 Å². The maximum absolute atomic E-state index is 14.4. The van der Waals surface area contributed by atoms with Crippen LogP contribution in [-0.4, -0.2) is 76.6 Å². The fourth-order valence-corrected chi connectivity index (χ4v) is 6.66. The molecule has 11 nitrogen and oxygen atoms in total. The Bertz CT molecular complexity index is 1340. The Morgan fingerprint density at radius 1 is 1.10 bits per heavy atom. The summed E-state index contributed by atoms with van der Waals surface area (Å²) in [5, 5.41) is 29.5. The Morgan fingerprint density at radius 2 is 1.71 bits per heavy atom. The molecule has 0 spiro atoms. The molecule has 0 saturated carbocycles.